The first-order valence-corrected chi connectivity index (χ1v) is 7.35. The number of hydrogen-bond donors (Lipinski definition) is 2. The molecule has 1 aromatic rings. The Kier molecular flexibility index (Phi) is 4.85. The lowest BCUT2D eigenvalue weighted by atomic mass is 10.1. The second-order valence-corrected chi connectivity index (χ2v) is 5.22. The largest absolute Gasteiger partial charge is 0.465 e. The molecule has 1 aliphatic heterocycles. The van der Waals surface area contributed by atoms with Crippen LogP contribution in [0.5, 0.6) is 0 Å². The number of H-pyrrole nitrogens is 1. The molecule has 0 radical (unpaired) electrons. The highest BCUT2D eigenvalue weighted by Gasteiger charge is 2.27. The Bertz CT molecular complexity index is 606. The molecule has 0 saturated carbocycles. The topological polar surface area (TPSA) is 91.5 Å². The van der Waals surface area contributed by atoms with Crippen LogP contribution < -0.4 is 5.32 Å². The average Bonchev–Trinajstić information content (AvgIpc) is 2.69. The average molecular weight is 307 g/mol. The molecule has 7 nitrogen and oxygen atoms in total. The molecule has 2 heterocycles. The van der Waals surface area contributed by atoms with Gasteiger partial charge < -0.3 is 19.9 Å². The van der Waals surface area contributed by atoms with Crippen LogP contribution >= 0.6 is 0 Å². The van der Waals surface area contributed by atoms with E-state index in [0.29, 0.717) is 48.6 Å². The number of aromatic amines is 1. The van der Waals surface area contributed by atoms with E-state index in [1.807, 2.05) is 6.92 Å². The molecule has 0 aliphatic carbocycles. The molecule has 1 saturated heterocycles. The molecule has 1 aliphatic rings. The number of carbonyl (C=O) groups is 3. The molecule has 120 valence electrons. The highest BCUT2D eigenvalue weighted by Crippen LogP contribution is 2.21. The number of amides is 2. The molecule has 1 fully saturated rings. The fourth-order valence-electron chi connectivity index (χ4n) is 2.64. The lowest BCUT2D eigenvalue weighted by Gasteiger charge is -2.19. The Balaban J connectivity index is 2.31. The molecule has 2 N–H and O–H groups in total. The van der Waals surface area contributed by atoms with Gasteiger partial charge in [-0.3, -0.25) is 9.59 Å². The van der Waals surface area contributed by atoms with E-state index in [1.54, 1.807) is 11.8 Å². The summed E-state index contributed by atoms with van der Waals surface area (Å²) < 4.78 is 4.79. The fourth-order valence-corrected chi connectivity index (χ4v) is 2.64. The van der Waals surface area contributed by atoms with Gasteiger partial charge in [-0.15, -0.1) is 0 Å². The van der Waals surface area contributed by atoms with Crippen LogP contribution in [0.25, 0.3) is 0 Å². The Hall–Kier alpha value is -2.31. The third kappa shape index (κ3) is 2.98. The fraction of sp³-hybridized carbons (Fsp3) is 0.533. The van der Waals surface area contributed by atoms with E-state index in [-0.39, 0.29) is 18.2 Å². The van der Waals surface area contributed by atoms with Crippen molar-refractivity contribution in [1.82, 2.24) is 15.2 Å². The number of nitrogens with one attached hydrogen (secondary N) is 2. The highest BCUT2D eigenvalue weighted by molar-refractivity contribution is 6.00. The van der Waals surface area contributed by atoms with Crippen molar-refractivity contribution >= 4 is 17.8 Å². The van der Waals surface area contributed by atoms with E-state index < -0.39 is 5.97 Å². The summed E-state index contributed by atoms with van der Waals surface area (Å²) in [4.78, 5) is 40.6. The van der Waals surface area contributed by atoms with Crippen molar-refractivity contribution in [3.05, 3.63) is 22.5 Å². The predicted molar refractivity (Wildman–Crippen MR) is 79.8 cm³/mol. The summed E-state index contributed by atoms with van der Waals surface area (Å²) in [7, 11) is 1.32. The van der Waals surface area contributed by atoms with Crippen molar-refractivity contribution in [3.63, 3.8) is 0 Å². The quantitative estimate of drug-likeness (QED) is 0.801. The van der Waals surface area contributed by atoms with Gasteiger partial charge in [-0.25, -0.2) is 4.79 Å². The van der Waals surface area contributed by atoms with Gasteiger partial charge in [-0.2, -0.15) is 0 Å². The maximum Gasteiger partial charge on any atom is 0.339 e. The minimum Gasteiger partial charge on any atom is -0.465 e. The van der Waals surface area contributed by atoms with Gasteiger partial charge in [0.15, 0.2) is 0 Å². The van der Waals surface area contributed by atoms with Crippen LogP contribution in [0.1, 0.15) is 45.4 Å². The number of aryl methyl sites for hydroxylation is 1. The zero-order chi connectivity index (χ0) is 16.3. The van der Waals surface area contributed by atoms with Crippen molar-refractivity contribution < 1.29 is 19.1 Å². The van der Waals surface area contributed by atoms with Crippen molar-refractivity contribution in [2.24, 2.45) is 0 Å². The number of methoxy groups -OCH3 is 1. The van der Waals surface area contributed by atoms with Crippen molar-refractivity contribution in [2.75, 3.05) is 26.7 Å². The summed E-state index contributed by atoms with van der Waals surface area (Å²) in [5.41, 5.74) is 2.11. The number of ether oxygens (including phenoxy) is 1. The smallest absolute Gasteiger partial charge is 0.339 e. The number of rotatable bonds is 3. The minimum absolute atomic E-state index is 0.0528. The first kappa shape index (κ1) is 16.1. The van der Waals surface area contributed by atoms with Crippen LogP contribution in [0.4, 0.5) is 0 Å². The zero-order valence-corrected chi connectivity index (χ0v) is 13.1. The van der Waals surface area contributed by atoms with Crippen molar-refractivity contribution in [3.8, 4) is 0 Å². The van der Waals surface area contributed by atoms with Gasteiger partial charge in [-0.1, -0.05) is 6.92 Å². The van der Waals surface area contributed by atoms with Crippen LogP contribution in [0.15, 0.2) is 0 Å². The van der Waals surface area contributed by atoms with Crippen LogP contribution in [0, 0.1) is 6.92 Å². The van der Waals surface area contributed by atoms with Crippen LogP contribution in [-0.2, 0) is 16.0 Å². The van der Waals surface area contributed by atoms with Crippen LogP contribution in [0.3, 0.4) is 0 Å². The lowest BCUT2D eigenvalue weighted by Crippen LogP contribution is -2.34. The van der Waals surface area contributed by atoms with E-state index in [0.717, 1.165) is 0 Å². The lowest BCUT2D eigenvalue weighted by molar-refractivity contribution is -0.120. The van der Waals surface area contributed by atoms with Gasteiger partial charge in [0.2, 0.25) is 5.91 Å². The van der Waals surface area contributed by atoms with Gasteiger partial charge >= 0.3 is 5.97 Å². The molecule has 0 atom stereocenters. The normalized spacial score (nSPS) is 15.2. The molecule has 7 heteroatoms. The molecule has 1 aromatic heterocycles. The molecule has 0 unspecified atom stereocenters. The summed E-state index contributed by atoms with van der Waals surface area (Å²) in [6.45, 7) is 4.90. The SMILES string of the molecule is CCc1[nH]c(C(=O)N2CCNC(=O)CC2)c(C)c1C(=O)OC. The standard InChI is InChI=1S/C15H21N3O4/c1-4-10-12(15(21)22-3)9(2)13(17-10)14(20)18-7-5-11(19)16-6-8-18/h17H,4-8H2,1-3H3,(H,16,19). The third-order valence-electron chi connectivity index (χ3n) is 3.88. The molecule has 0 spiro atoms. The summed E-state index contributed by atoms with van der Waals surface area (Å²) in [5.74, 6) is -0.695. The van der Waals surface area contributed by atoms with Crippen LogP contribution in [0.2, 0.25) is 0 Å². The molecule has 2 amide bonds. The molecule has 22 heavy (non-hydrogen) atoms. The second-order valence-electron chi connectivity index (χ2n) is 5.22. The monoisotopic (exact) mass is 307 g/mol. The Morgan fingerprint density at radius 2 is 2.05 bits per heavy atom. The molecule has 2 rings (SSSR count). The van der Waals surface area contributed by atoms with Crippen molar-refractivity contribution in [1.29, 1.82) is 0 Å². The number of hydrogen-bond acceptors (Lipinski definition) is 4. The van der Waals surface area contributed by atoms with E-state index >= 15 is 0 Å². The van der Waals surface area contributed by atoms with Crippen molar-refractivity contribution in [2.45, 2.75) is 26.7 Å². The molecular formula is C15H21N3O4. The first-order chi connectivity index (χ1) is 10.5. The van der Waals surface area contributed by atoms with Gasteiger partial charge in [0, 0.05) is 31.7 Å². The Labute approximate surface area is 129 Å². The predicted octanol–water partition coefficient (Wildman–Crippen LogP) is 0.634. The third-order valence-corrected chi connectivity index (χ3v) is 3.88. The van der Waals surface area contributed by atoms with E-state index in [2.05, 4.69) is 10.3 Å². The molecule has 0 aromatic carbocycles. The molecule has 0 bridgehead atoms. The maximum atomic E-state index is 12.7. The summed E-state index contributed by atoms with van der Waals surface area (Å²) >= 11 is 0. The molecular weight excluding hydrogens is 286 g/mol. The summed E-state index contributed by atoms with van der Waals surface area (Å²) in [6, 6.07) is 0. The number of esters is 1. The van der Waals surface area contributed by atoms with Crippen LogP contribution in [-0.4, -0.2) is 54.4 Å². The van der Waals surface area contributed by atoms with E-state index in [9.17, 15) is 14.4 Å². The highest BCUT2D eigenvalue weighted by atomic mass is 16.5. The van der Waals surface area contributed by atoms with Gasteiger partial charge in [0.1, 0.15) is 5.69 Å². The van der Waals surface area contributed by atoms with Gasteiger partial charge in [0.25, 0.3) is 5.91 Å². The number of aromatic nitrogens is 1. The zero-order valence-electron chi connectivity index (χ0n) is 13.1. The second kappa shape index (κ2) is 6.64. The number of nitrogens with zero attached hydrogens (tertiary/aromatic N) is 1. The maximum absolute atomic E-state index is 12.7. The summed E-state index contributed by atoms with van der Waals surface area (Å²) in [5, 5.41) is 2.73. The van der Waals surface area contributed by atoms with Gasteiger partial charge in [0.05, 0.1) is 12.7 Å². The Morgan fingerprint density at radius 3 is 2.68 bits per heavy atom. The minimum atomic E-state index is -0.447. The van der Waals surface area contributed by atoms with Gasteiger partial charge in [-0.05, 0) is 18.9 Å². The Morgan fingerprint density at radius 1 is 1.32 bits per heavy atom. The van der Waals surface area contributed by atoms with E-state index in [4.69, 9.17) is 4.74 Å². The van der Waals surface area contributed by atoms with E-state index in [1.165, 1.54) is 7.11 Å². The first-order valence-electron chi connectivity index (χ1n) is 7.35. The summed E-state index contributed by atoms with van der Waals surface area (Å²) in [6.07, 6.45) is 0.884. The number of carbonyl (C=O) groups excluding carboxylic acids is 3.